The van der Waals surface area contributed by atoms with E-state index < -0.39 is 5.97 Å². The Morgan fingerprint density at radius 3 is 2.17 bits per heavy atom. The number of carbonyl (C=O) groups excluding carboxylic acids is 1. The summed E-state index contributed by atoms with van der Waals surface area (Å²) in [6.45, 7) is 1.36. The van der Waals surface area contributed by atoms with Crippen LogP contribution in [0.1, 0.15) is 13.3 Å². The predicted molar refractivity (Wildman–Crippen MR) is 44.7 cm³/mol. The zero-order valence-corrected chi connectivity index (χ0v) is 7.50. The molecule has 4 heteroatoms. The van der Waals surface area contributed by atoms with E-state index >= 15 is 0 Å². The normalized spacial score (nSPS) is 11.1. The molecule has 0 spiro atoms. The molecule has 0 saturated carbocycles. The molecule has 0 fully saturated rings. The summed E-state index contributed by atoms with van der Waals surface area (Å²) in [6, 6.07) is 0. The minimum atomic E-state index is -0.988. The van der Waals surface area contributed by atoms with Gasteiger partial charge in [-0.25, -0.2) is 0 Å². The van der Waals surface area contributed by atoms with E-state index in [-0.39, 0.29) is 12.2 Å². The van der Waals surface area contributed by atoms with E-state index in [4.69, 9.17) is 5.11 Å². The first-order valence-electron chi connectivity index (χ1n) is 3.53. The van der Waals surface area contributed by atoms with Gasteiger partial charge in [0.1, 0.15) is 0 Å². The first-order chi connectivity index (χ1) is 5.43. The van der Waals surface area contributed by atoms with Crippen molar-refractivity contribution in [3.05, 3.63) is 11.8 Å². The maximum absolute atomic E-state index is 10.9. The number of aliphatic carboxylic acids is 1. The second kappa shape index (κ2) is 4.54. The zero-order valence-electron chi connectivity index (χ0n) is 7.50. The molecule has 0 heterocycles. The lowest BCUT2D eigenvalue weighted by molar-refractivity contribution is -0.136. The highest BCUT2D eigenvalue weighted by Gasteiger charge is 2.08. The number of carboxylic acid groups (broad SMARTS) is 1. The summed E-state index contributed by atoms with van der Waals surface area (Å²) in [4.78, 5) is 22.8. The molecule has 0 aromatic carbocycles. The lowest BCUT2D eigenvalue weighted by atomic mass is 10.1. The predicted octanol–water partition coefficient (Wildman–Crippen LogP) is 0.496. The number of carbonyl (C=O) groups is 2. The SMILES string of the molecule is CC(=O)C(=CN(C)C)CC(=O)O. The molecule has 0 saturated heterocycles. The van der Waals surface area contributed by atoms with Crippen molar-refractivity contribution in [3.8, 4) is 0 Å². The van der Waals surface area contributed by atoms with E-state index in [1.807, 2.05) is 0 Å². The van der Waals surface area contributed by atoms with Gasteiger partial charge >= 0.3 is 5.97 Å². The van der Waals surface area contributed by atoms with Gasteiger partial charge in [-0.1, -0.05) is 0 Å². The first kappa shape index (κ1) is 10.7. The number of ketones is 1. The topological polar surface area (TPSA) is 57.6 Å². The molecular weight excluding hydrogens is 158 g/mol. The molecule has 0 aliphatic rings. The Bertz CT molecular complexity index is 218. The standard InChI is InChI=1S/C8H13NO3/c1-6(10)7(4-8(11)12)5-9(2)3/h5H,4H2,1-3H3,(H,11,12). The average Bonchev–Trinajstić information content (AvgIpc) is 1.83. The van der Waals surface area contributed by atoms with E-state index in [0.29, 0.717) is 5.57 Å². The molecule has 0 amide bonds. The first-order valence-corrected chi connectivity index (χ1v) is 3.53. The fourth-order valence-corrected chi connectivity index (χ4v) is 0.736. The van der Waals surface area contributed by atoms with Crippen molar-refractivity contribution >= 4 is 11.8 Å². The second-order valence-electron chi connectivity index (χ2n) is 2.74. The van der Waals surface area contributed by atoms with Crippen LogP contribution in [0.15, 0.2) is 11.8 Å². The van der Waals surface area contributed by atoms with Crippen LogP contribution in [0.5, 0.6) is 0 Å². The third kappa shape index (κ3) is 4.49. The van der Waals surface area contributed by atoms with Crippen molar-refractivity contribution in [2.75, 3.05) is 14.1 Å². The molecule has 0 aromatic rings. The highest BCUT2D eigenvalue weighted by molar-refractivity contribution is 5.97. The van der Waals surface area contributed by atoms with E-state index in [2.05, 4.69) is 0 Å². The molecule has 68 valence electrons. The zero-order chi connectivity index (χ0) is 9.72. The Morgan fingerprint density at radius 1 is 1.42 bits per heavy atom. The second-order valence-corrected chi connectivity index (χ2v) is 2.74. The fourth-order valence-electron chi connectivity index (χ4n) is 0.736. The van der Waals surface area contributed by atoms with Crippen LogP contribution in [0.4, 0.5) is 0 Å². The van der Waals surface area contributed by atoms with Gasteiger partial charge in [-0.3, -0.25) is 9.59 Å². The Kier molecular flexibility index (Phi) is 4.04. The smallest absolute Gasteiger partial charge is 0.308 e. The van der Waals surface area contributed by atoms with Gasteiger partial charge in [0.25, 0.3) is 0 Å². The van der Waals surface area contributed by atoms with Crippen LogP contribution >= 0.6 is 0 Å². The summed E-state index contributed by atoms with van der Waals surface area (Å²) in [5.41, 5.74) is 0.313. The van der Waals surface area contributed by atoms with Gasteiger partial charge in [0, 0.05) is 25.9 Å². The van der Waals surface area contributed by atoms with Crippen LogP contribution in [0, 0.1) is 0 Å². The summed E-state index contributed by atoms with van der Waals surface area (Å²) in [5.74, 6) is -1.19. The summed E-state index contributed by atoms with van der Waals surface area (Å²) in [7, 11) is 3.48. The van der Waals surface area contributed by atoms with Gasteiger partial charge in [0.2, 0.25) is 0 Å². The van der Waals surface area contributed by atoms with Crippen molar-refractivity contribution < 1.29 is 14.7 Å². The van der Waals surface area contributed by atoms with Crippen LogP contribution in [0.25, 0.3) is 0 Å². The van der Waals surface area contributed by atoms with E-state index in [0.717, 1.165) is 0 Å². The highest BCUT2D eigenvalue weighted by atomic mass is 16.4. The van der Waals surface area contributed by atoms with Gasteiger partial charge in [-0.15, -0.1) is 0 Å². The fraction of sp³-hybridized carbons (Fsp3) is 0.500. The molecule has 0 aromatic heterocycles. The molecule has 0 aliphatic heterocycles. The molecule has 0 aliphatic carbocycles. The molecule has 4 nitrogen and oxygen atoms in total. The van der Waals surface area contributed by atoms with Crippen molar-refractivity contribution in [1.82, 2.24) is 4.90 Å². The highest BCUT2D eigenvalue weighted by Crippen LogP contribution is 2.03. The van der Waals surface area contributed by atoms with Crippen molar-refractivity contribution in [2.45, 2.75) is 13.3 Å². The van der Waals surface area contributed by atoms with E-state index in [1.165, 1.54) is 13.1 Å². The third-order valence-electron chi connectivity index (χ3n) is 1.21. The number of nitrogens with zero attached hydrogens (tertiary/aromatic N) is 1. The van der Waals surface area contributed by atoms with Gasteiger partial charge in [0.15, 0.2) is 5.78 Å². The van der Waals surface area contributed by atoms with Crippen LogP contribution < -0.4 is 0 Å². The van der Waals surface area contributed by atoms with Crippen LogP contribution in [0.3, 0.4) is 0 Å². The lowest BCUT2D eigenvalue weighted by Gasteiger charge is -2.07. The third-order valence-corrected chi connectivity index (χ3v) is 1.21. The Hall–Kier alpha value is -1.32. The van der Waals surface area contributed by atoms with Crippen LogP contribution in [-0.4, -0.2) is 35.9 Å². The molecule has 12 heavy (non-hydrogen) atoms. The van der Waals surface area contributed by atoms with E-state index in [9.17, 15) is 9.59 Å². The Balaban J connectivity index is 4.44. The van der Waals surface area contributed by atoms with Crippen molar-refractivity contribution in [3.63, 3.8) is 0 Å². The monoisotopic (exact) mass is 171 g/mol. The van der Waals surface area contributed by atoms with Crippen molar-refractivity contribution in [1.29, 1.82) is 0 Å². The molecule has 1 N–H and O–H groups in total. The number of hydrogen-bond donors (Lipinski definition) is 1. The lowest BCUT2D eigenvalue weighted by Crippen LogP contribution is -2.10. The van der Waals surface area contributed by atoms with Crippen LogP contribution in [0.2, 0.25) is 0 Å². The van der Waals surface area contributed by atoms with Crippen molar-refractivity contribution in [2.24, 2.45) is 0 Å². The summed E-state index contributed by atoms with van der Waals surface area (Å²) in [5, 5.41) is 8.43. The maximum Gasteiger partial charge on any atom is 0.308 e. The van der Waals surface area contributed by atoms with Crippen LogP contribution in [-0.2, 0) is 9.59 Å². The summed E-state index contributed by atoms with van der Waals surface area (Å²) >= 11 is 0. The molecule has 0 rings (SSSR count). The number of carboxylic acids is 1. The van der Waals surface area contributed by atoms with Gasteiger partial charge in [-0.2, -0.15) is 0 Å². The summed E-state index contributed by atoms with van der Waals surface area (Å²) < 4.78 is 0. The van der Waals surface area contributed by atoms with Gasteiger partial charge in [0.05, 0.1) is 6.42 Å². The molecule has 0 bridgehead atoms. The minimum Gasteiger partial charge on any atom is -0.481 e. The number of rotatable bonds is 4. The molecule has 0 unspecified atom stereocenters. The molecule has 0 radical (unpaired) electrons. The van der Waals surface area contributed by atoms with E-state index in [1.54, 1.807) is 19.0 Å². The number of Topliss-reactive ketones (excluding diaryl/α,β-unsaturated/α-hetero) is 1. The largest absolute Gasteiger partial charge is 0.481 e. The quantitative estimate of drug-likeness (QED) is 0.625. The Morgan fingerprint density at radius 2 is 1.92 bits per heavy atom. The number of hydrogen-bond acceptors (Lipinski definition) is 3. The minimum absolute atomic E-state index is 0.203. The average molecular weight is 171 g/mol. The van der Waals surface area contributed by atoms with Gasteiger partial charge < -0.3 is 10.0 Å². The Labute approximate surface area is 71.5 Å². The summed E-state index contributed by atoms with van der Waals surface area (Å²) in [6.07, 6.45) is 1.31. The maximum atomic E-state index is 10.9. The molecule has 0 atom stereocenters. The van der Waals surface area contributed by atoms with Gasteiger partial charge in [-0.05, 0) is 6.92 Å². The molecular formula is C8H13NO3.